The Kier molecular flexibility index (Phi) is 7.26. The third kappa shape index (κ3) is 6.12. The number of carbonyl (C=O) groups excluding carboxylic acids is 3. The summed E-state index contributed by atoms with van der Waals surface area (Å²) in [6.07, 6.45) is 2.41. The van der Waals surface area contributed by atoms with Crippen LogP contribution in [0.25, 0.3) is 0 Å². The van der Waals surface area contributed by atoms with E-state index in [0.717, 1.165) is 25.9 Å². The maximum Gasteiger partial charge on any atom is 0.251 e. The van der Waals surface area contributed by atoms with E-state index in [2.05, 4.69) is 15.5 Å². The lowest BCUT2D eigenvalue weighted by atomic mass is 9.87. The van der Waals surface area contributed by atoms with Gasteiger partial charge in [-0.05, 0) is 49.9 Å². The summed E-state index contributed by atoms with van der Waals surface area (Å²) in [4.78, 5) is 40.4. The number of Topliss-reactive ketones (excluding diaryl/α,β-unsaturated/α-hetero) is 1. The number of nitrogens with one attached hydrogen (secondary N) is 2. The SMILES string of the molecule is CC(C)(C)CC(NC(=O)c1ccccc1)C(=O)NC1C(=O)CO[C@H]1CN1CCCC1. The number of ketones is 1. The van der Waals surface area contributed by atoms with Crippen molar-refractivity contribution in [1.82, 2.24) is 15.5 Å². The van der Waals surface area contributed by atoms with Crippen LogP contribution in [0.3, 0.4) is 0 Å². The zero-order valence-corrected chi connectivity index (χ0v) is 18.1. The number of nitrogens with zero attached hydrogens (tertiary/aromatic N) is 1. The van der Waals surface area contributed by atoms with Crippen molar-refractivity contribution < 1.29 is 19.1 Å². The van der Waals surface area contributed by atoms with Crippen LogP contribution in [0.5, 0.6) is 0 Å². The number of ether oxygens (including phenoxy) is 1. The topological polar surface area (TPSA) is 87.7 Å². The molecule has 0 aliphatic carbocycles. The van der Waals surface area contributed by atoms with Crippen molar-refractivity contribution in [3.63, 3.8) is 0 Å². The molecule has 0 bridgehead atoms. The largest absolute Gasteiger partial charge is 0.366 e. The average Bonchev–Trinajstić information content (AvgIpc) is 3.32. The van der Waals surface area contributed by atoms with E-state index >= 15 is 0 Å². The molecule has 0 aromatic heterocycles. The van der Waals surface area contributed by atoms with Gasteiger partial charge >= 0.3 is 0 Å². The van der Waals surface area contributed by atoms with E-state index in [1.165, 1.54) is 0 Å². The highest BCUT2D eigenvalue weighted by Crippen LogP contribution is 2.22. The second kappa shape index (κ2) is 9.71. The van der Waals surface area contributed by atoms with Gasteiger partial charge in [0.15, 0.2) is 5.78 Å². The van der Waals surface area contributed by atoms with Crippen molar-refractivity contribution in [3.05, 3.63) is 35.9 Å². The lowest BCUT2D eigenvalue weighted by molar-refractivity contribution is -0.128. The zero-order chi connectivity index (χ0) is 21.7. The highest BCUT2D eigenvalue weighted by Gasteiger charge is 2.40. The molecule has 2 heterocycles. The van der Waals surface area contributed by atoms with Gasteiger partial charge in [0.25, 0.3) is 5.91 Å². The molecule has 2 fully saturated rings. The van der Waals surface area contributed by atoms with Crippen molar-refractivity contribution in [1.29, 1.82) is 0 Å². The normalized spacial score (nSPS) is 23.4. The lowest BCUT2D eigenvalue weighted by Crippen LogP contribution is -2.55. The third-order valence-corrected chi connectivity index (χ3v) is 5.57. The summed E-state index contributed by atoms with van der Waals surface area (Å²) in [7, 11) is 0. The van der Waals surface area contributed by atoms with E-state index in [-0.39, 0.29) is 35.7 Å². The van der Waals surface area contributed by atoms with Crippen molar-refractivity contribution >= 4 is 17.6 Å². The Bertz CT molecular complexity index is 753. The summed E-state index contributed by atoms with van der Waals surface area (Å²) in [5.74, 6) is -0.761. The summed E-state index contributed by atoms with van der Waals surface area (Å²) in [5.41, 5.74) is 0.313. The molecule has 164 valence electrons. The Morgan fingerprint density at radius 2 is 1.83 bits per heavy atom. The Labute approximate surface area is 178 Å². The van der Waals surface area contributed by atoms with Gasteiger partial charge in [-0.15, -0.1) is 0 Å². The van der Waals surface area contributed by atoms with Crippen molar-refractivity contribution in [2.24, 2.45) is 5.41 Å². The molecule has 0 saturated carbocycles. The van der Waals surface area contributed by atoms with Gasteiger partial charge in [0.05, 0.1) is 6.10 Å². The van der Waals surface area contributed by atoms with E-state index < -0.39 is 12.1 Å². The van der Waals surface area contributed by atoms with Crippen molar-refractivity contribution in [2.45, 2.75) is 58.2 Å². The quantitative estimate of drug-likeness (QED) is 0.709. The third-order valence-electron chi connectivity index (χ3n) is 5.57. The van der Waals surface area contributed by atoms with Crippen molar-refractivity contribution in [2.75, 3.05) is 26.2 Å². The van der Waals surface area contributed by atoms with Crippen LogP contribution in [0.1, 0.15) is 50.4 Å². The lowest BCUT2D eigenvalue weighted by Gasteiger charge is -2.29. The molecule has 2 aliphatic rings. The van der Waals surface area contributed by atoms with E-state index in [9.17, 15) is 14.4 Å². The molecule has 2 amide bonds. The van der Waals surface area contributed by atoms with Crippen LogP contribution in [0.2, 0.25) is 0 Å². The fraction of sp³-hybridized carbons (Fsp3) is 0.609. The summed E-state index contributed by atoms with van der Waals surface area (Å²) in [6, 6.07) is 7.41. The Hall–Kier alpha value is -2.25. The highest BCUT2D eigenvalue weighted by molar-refractivity contribution is 5.99. The Morgan fingerprint density at radius 3 is 2.47 bits per heavy atom. The van der Waals surface area contributed by atoms with Crippen LogP contribution in [0, 0.1) is 5.41 Å². The smallest absolute Gasteiger partial charge is 0.251 e. The second-order valence-corrected chi connectivity index (χ2v) is 9.47. The first-order valence-electron chi connectivity index (χ1n) is 10.8. The number of hydrogen-bond donors (Lipinski definition) is 2. The summed E-state index contributed by atoms with van der Waals surface area (Å²) < 4.78 is 5.68. The molecule has 0 radical (unpaired) electrons. The molecule has 1 aromatic carbocycles. The Morgan fingerprint density at radius 1 is 1.17 bits per heavy atom. The number of carbonyl (C=O) groups is 3. The fourth-order valence-corrected chi connectivity index (χ4v) is 4.04. The van der Waals surface area contributed by atoms with Gasteiger partial charge in [-0.2, -0.15) is 0 Å². The summed E-state index contributed by atoms with van der Waals surface area (Å²) in [6.45, 7) is 8.69. The van der Waals surface area contributed by atoms with E-state index in [4.69, 9.17) is 4.74 Å². The molecular formula is C23H33N3O4. The van der Waals surface area contributed by atoms with Crippen LogP contribution >= 0.6 is 0 Å². The molecule has 2 saturated heterocycles. The fourth-order valence-electron chi connectivity index (χ4n) is 4.04. The maximum atomic E-state index is 13.1. The van der Waals surface area contributed by atoms with Crippen LogP contribution in [0.15, 0.2) is 30.3 Å². The van der Waals surface area contributed by atoms with Gasteiger partial charge < -0.3 is 20.3 Å². The van der Waals surface area contributed by atoms with Gasteiger partial charge in [-0.25, -0.2) is 0 Å². The number of likely N-dealkylation sites (tertiary alicyclic amines) is 1. The molecule has 2 aliphatic heterocycles. The molecule has 2 N–H and O–H groups in total. The summed E-state index contributed by atoms with van der Waals surface area (Å²) >= 11 is 0. The van der Waals surface area contributed by atoms with Gasteiger partial charge in [0.1, 0.15) is 18.7 Å². The molecular weight excluding hydrogens is 382 g/mol. The van der Waals surface area contributed by atoms with Gasteiger partial charge in [0, 0.05) is 12.1 Å². The standard InChI is InChI=1S/C23H33N3O4/c1-23(2,3)13-17(24-21(28)16-9-5-4-6-10-16)22(29)25-20-18(27)15-30-19(20)14-26-11-7-8-12-26/h4-6,9-10,17,19-20H,7-8,11-15H2,1-3H3,(H,24,28)(H,25,29)/t17?,19-,20?/m0/s1. The minimum atomic E-state index is -0.737. The van der Waals surface area contributed by atoms with Gasteiger partial charge in [-0.1, -0.05) is 39.0 Å². The first-order valence-corrected chi connectivity index (χ1v) is 10.8. The monoisotopic (exact) mass is 415 g/mol. The average molecular weight is 416 g/mol. The molecule has 30 heavy (non-hydrogen) atoms. The highest BCUT2D eigenvalue weighted by atomic mass is 16.5. The molecule has 2 unspecified atom stereocenters. The van der Waals surface area contributed by atoms with Crippen LogP contribution < -0.4 is 10.6 Å². The molecule has 7 heteroatoms. The van der Waals surface area contributed by atoms with E-state index in [1.54, 1.807) is 24.3 Å². The van der Waals surface area contributed by atoms with Crippen molar-refractivity contribution in [3.8, 4) is 0 Å². The van der Waals surface area contributed by atoms with E-state index in [1.807, 2.05) is 26.8 Å². The molecule has 0 spiro atoms. The Balaban J connectivity index is 1.68. The predicted octanol–water partition coefficient (Wildman–Crippen LogP) is 1.77. The first kappa shape index (κ1) is 22.4. The number of amides is 2. The molecule has 3 atom stereocenters. The van der Waals surface area contributed by atoms with Crippen LogP contribution in [0.4, 0.5) is 0 Å². The molecule has 7 nitrogen and oxygen atoms in total. The minimum absolute atomic E-state index is 0.0176. The minimum Gasteiger partial charge on any atom is -0.366 e. The number of hydrogen-bond acceptors (Lipinski definition) is 5. The zero-order valence-electron chi connectivity index (χ0n) is 18.1. The molecule has 1 aromatic rings. The maximum absolute atomic E-state index is 13.1. The predicted molar refractivity (Wildman–Crippen MR) is 114 cm³/mol. The van der Waals surface area contributed by atoms with Crippen LogP contribution in [-0.2, 0) is 14.3 Å². The number of rotatable bonds is 7. The van der Waals surface area contributed by atoms with Crippen LogP contribution in [-0.4, -0.2) is 66.9 Å². The number of benzene rings is 1. The summed E-state index contributed by atoms with van der Waals surface area (Å²) in [5, 5.41) is 5.73. The second-order valence-electron chi connectivity index (χ2n) is 9.47. The molecule has 3 rings (SSSR count). The first-order chi connectivity index (χ1) is 14.2. The van der Waals surface area contributed by atoms with Gasteiger partial charge in [0.2, 0.25) is 5.91 Å². The van der Waals surface area contributed by atoms with E-state index in [0.29, 0.717) is 18.5 Å². The van der Waals surface area contributed by atoms with Gasteiger partial charge in [-0.3, -0.25) is 14.4 Å².